The van der Waals surface area contributed by atoms with Gasteiger partial charge in [0.15, 0.2) is 0 Å². The molecule has 1 aliphatic carbocycles. The summed E-state index contributed by atoms with van der Waals surface area (Å²) in [5.74, 6) is 0.433. The van der Waals surface area contributed by atoms with E-state index in [9.17, 15) is 4.79 Å². The molecule has 0 amide bonds. The summed E-state index contributed by atoms with van der Waals surface area (Å²) in [6.45, 7) is 9.31. The van der Waals surface area contributed by atoms with E-state index in [1.54, 1.807) is 0 Å². The van der Waals surface area contributed by atoms with Gasteiger partial charge >= 0.3 is 5.97 Å². The van der Waals surface area contributed by atoms with Crippen molar-refractivity contribution in [3.63, 3.8) is 0 Å². The predicted octanol–water partition coefficient (Wildman–Crippen LogP) is 2.00. The zero-order valence-electron chi connectivity index (χ0n) is 10.3. The van der Waals surface area contributed by atoms with Crippen LogP contribution in [0.15, 0.2) is 0 Å². The van der Waals surface area contributed by atoms with Crippen molar-refractivity contribution in [2.45, 2.75) is 51.0 Å². The smallest absolute Gasteiger partial charge is 0.326 e. The molecule has 1 rings (SSSR count). The molecule has 1 saturated carbocycles. The average Bonchev–Trinajstić information content (AvgIpc) is 1.98. The number of esters is 1. The van der Waals surface area contributed by atoms with Crippen LogP contribution >= 0.6 is 0 Å². The highest BCUT2D eigenvalue weighted by Crippen LogP contribution is 2.41. The second-order valence-corrected chi connectivity index (χ2v) is 11.4. The first-order valence-electron chi connectivity index (χ1n) is 5.73. The molecule has 15 heavy (non-hydrogen) atoms. The Labute approximate surface area is 93.4 Å². The molecular weight excluding hydrogens is 206 g/mol. The maximum Gasteiger partial charge on any atom is 0.326 e. The molecule has 1 fully saturated rings. The Hall–Kier alpha value is -0.353. The Morgan fingerprint density at radius 3 is 2.40 bits per heavy atom. The zero-order valence-corrected chi connectivity index (χ0v) is 11.3. The van der Waals surface area contributed by atoms with Gasteiger partial charge in [0.1, 0.15) is 5.54 Å². The summed E-state index contributed by atoms with van der Waals surface area (Å²) in [4.78, 5) is 11.5. The molecule has 1 aliphatic rings. The zero-order chi connectivity index (χ0) is 11.7. The van der Waals surface area contributed by atoms with E-state index in [4.69, 9.17) is 10.5 Å². The summed E-state index contributed by atoms with van der Waals surface area (Å²) < 4.78 is 4.97. The lowest BCUT2D eigenvalue weighted by atomic mass is 9.70. The van der Waals surface area contributed by atoms with Crippen molar-refractivity contribution in [1.29, 1.82) is 0 Å². The second kappa shape index (κ2) is 4.26. The molecule has 3 nitrogen and oxygen atoms in total. The van der Waals surface area contributed by atoms with E-state index in [2.05, 4.69) is 19.6 Å². The number of ether oxygens (including phenoxy) is 1. The second-order valence-electron chi connectivity index (χ2n) is 5.92. The summed E-state index contributed by atoms with van der Waals surface area (Å²) in [6, 6.07) is 1.27. The summed E-state index contributed by atoms with van der Waals surface area (Å²) in [5, 5.41) is 0. The number of rotatable bonds is 4. The van der Waals surface area contributed by atoms with Gasteiger partial charge in [-0.2, -0.15) is 0 Å². The lowest BCUT2D eigenvalue weighted by Crippen LogP contribution is -2.59. The van der Waals surface area contributed by atoms with Gasteiger partial charge in [-0.3, -0.25) is 4.79 Å². The van der Waals surface area contributed by atoms with Crippen LogP contribution in [0.1, 0.15) is 19.8 Å². The molecule has 0 atom stereocenters. The normalized spacial score (nSPS) is 30.9. The molecule has 0 bridgehead atoms. The van der Waals surface area contributed by atoms with Gasteiger partial charge in [0.05, 0.1) is 6.61 Å². The molecule has 2 N–H and O–H groups in total. The first-order valence-corrected chi connectivity index (χ1v) is 9.44. The van der Waals surface area contributed by atoms with Crippen LogP contribution in [-0.4, -0.2) is 26.2 Å². The quantitative estimate of drug-likeness (QED) is 0.592. The number of carbonyl (C=O) groups excluding carboxylic acids is 1. The van der Waals surface area contributed by atoms with Crippen LogP contribution in [0.25, 0.3) is 0 Å². The fourth-order valence-electron chi connectivity index (χ4n) is 2.42. The highest BCUT2D eigenvalue weighted by Gasteiger charge is 2.48. The van der Waals surface area contributed by atoms with Crippen LogP contribution in [0, 0.1) is 5.92 Å². The minimum Gasteiger partial charge on any atom is -0.465 e. The van der Waals surface area contributed by atoms with E-state index in [-0.39, 0.29) is 5.97 Å². The largest absolute Gasteiger partial charge is 0.465 e. The highest BCUT2D eigenvalue weighted by molar-refractivity contribution is 6.76. The number of carbonyl (C=O) groups is 1. The van der Waals surface area contributed by atoms with Crippen LogP contribution in [-0.2, 0) is 9.53 Å². The van der Waals surface area contributed by atoms with E-state index in [0.29, 0.717) is 12.5 Å². The van der Waals surface area contributed by atoms with Crippen molar-refractivity contribution in [3.8, 4) is 0 Å². The lowest BCUT2D eigenvalue weighted by Gasteiger charge is -2.44. The molecule has 0 aromatic carbocycles. The molecule has 88 valence electrons. The van der Waals surface area contributed by atoms with Gasteiger partial charge in [0.25, 0.3) is 0 Å². The van der Waals surface area contributed by atoms with Crippen molar-refractivity contribution < 1.29 is 9.53 Å². The average molecular weight is 229 g/mol. The fourth-order valence-corrected chi connectivity index (χ4v) is 4.44. The standard InChI is InChI=1S/C11H23NO2Si/c1-5-14-10(13)11(12)6-9(7-11)8-15(2,3)4/h9H,5-8,12H2,1-4H3. The van der Waals surface area contributed by atoms with E-state index in [1.807, 2.05) is 6.92 Å². The third-order valence-electron chi connectivity index (χ3n) is 2.89. The number of hydrogen-bond donors (Lipinski definition) is 1. The molecule has 0 aromatic rings. The Kier molecular flexibility index (Phi) is 3.61. The van der Waals surface area contributed by atoms with Crippen LogP contribution < -0.4 is 5.73 Å². The Bertz CT molecular complexity index is 241. The molecular formula is C11H23NO2Si. The molecule has 0 unspecified atom stereocenters. The maximum absolute atomic E-state index is 11.5. The minimum absolute atomic E-state index is 0.211. The van der Waals surface area contributed by atoms with Crippen molar-refractivity contribution in [3.05, 3.63) is 0 Å². The van der Waals surface area contributed by atoms with Gasteiger partial charge in [-0.1, -0.05) is 25.7 Å². The van der Waals surface area contributed by atoms with Gasteiger partial charge in [-0.15, -0.1) is 0 Å². The molecule has 0 heterocycles. The van der Waals surface area contributed by atoms with Crippen molar-refractivity contribution in [1.82, 2.24) is 0 Å². The topological polar surface area (TPSA) is 52.3 Å². The van der Waals surface area contributed by atoms with Crippen LogP contribution in [0.2, 0.25) is 25.7 Å². The van der Waals surface area contributed by atoms with E-state index >= 15 is 0 Å². The molecule has 0 radical (unpaired) electrons. The van der Waals surface area contributed by atoms with Gasteiger partial charge < -0.3 is 10.5 Å². The molecule has 4 heteroatoms. The summed E-state index contributed by atoms with van der Waals surface area (Å²) in [5.41, 5.74) is 5.32. The summed E-state index contributed by atoms with van der Waals surface area (Å²) in [6.07, 6.45) is 1.63. The van der Waals surface area contributed by atoms with Crippen molar-refractivity contribution in [2.75, 3.05) is 6.61 Å². The van der Waals surface area contributed by atoms with Gasteiger partial charge in [0, 0.05) is 8.07 Å². The first kappa shape index (κ1) is 12.7. The van der Waals surface area contributed by atoms with Gasteiger partial charge in [-0.25, -0.2) is 0 Å². The third-order valence-corrected chi connectivity index (χ3v) is 4.69. The van der Waals surface area contributed by atoms with E-state index in [0.717, 1.165) is 12.8 Å². The van der Waals surface area contributed by atoms with Crippen LogP contribution in [0.4, 0.5) is 0 Å². The summed E-state index contributed by atoms with van der Waals surface area (Å²) >= 11 is 0. The fraction of sp³-hybridized carbons (Fsp3) is 0.909. The van der Waals surface area contributed by atoms with E-state index in [1.165, 1.54) is 6.04 Å². The predicted molar refractivity (Wildman–Crippen MR) is 64.4 cm³/mol. The Morgan fingerprint density at radius 2 is 2.00 bits per heavy atom. The molecule has 0 aromatic heterocycles. The highest BCUT2D eigenvalue weighted by atomic mass is 28.3. The molecule has 0 aliphatic heterocycles. The first-order chi connectivity index (χ1) is 6.77. The van der Waals surface area contributed by atoms with Crippen molar-refractivity contribution >= 4 is 14.0 Å². The third kappa shape index (κ3) is 3.31. The minimum atomic E-state index is -1.01. The number of hydrogen-bond acceptors (Lipinski definition) is 3. The van der Waals surface area contributed by atoms with Gasteiger partial charge in [0.2, 0.25) is 0 Å². The molecule has 0 spiro atoms. The maximum atomic E-state index is 11.5. The Balaban J connectivity index is 2.38. The lowest BCUT2D eigenvalue weighted by molar-refractivity contribution is -0.155. The Morgan fingerprint density at radius 1 is 1.47 bits per heavy atom. The molecule has 0 saturated heterocycles. The van der Waals surface area contributed by atoms with Gasteiger partial charge in [-0.05, 0) is 25.7 Å². The van der Waals surface area contributed by atoms with Crippen LogP contribution in [0.5, 0.6) is 0 Å². The summed E-state index contributed by atoms with van der Waals surface area (Å²) in [7, 11) is -1.01. The van der Waals surface area contributed by atoms with E-state index < -0.39 is 13.6 Å². The van der Waals surface area contributed by atoms with Crippen molar-refractivity contribution in [2.24, 2.45) is 11.7 Å². The monoisotopic (exact) mass is 229 g/mol. The SMILES string of the molecule is CCOC(=O)C1(N)CC(C[Si](C)(C)C)C1. The number of nitrogens with two attached hydrogens (primary N) is 1. The van der Waals surface area contributed by atoms with Crippen LogP contribution in [0.3, 0.4) is 0 Å².